The van der Waals surface area contributed by atoms with Crippen LogP contribution in [0, 0.1) is 6.92 Å². The van der Waals surface area contributed by atoms with Gasteiger partial charge in [-0.15, -0.1) is 0 Å². The van der Waals surface area contributed by atoms with Crippen molar-refractivity contribution in [1.82, 2.24) is 20.1 Å². The summed E-state index contributed by atoms with van der Waals surface area (Å²) < 4.78 is 5.84. The summed E-state index contributed by atoms with van der Waals surface area (Å²) in [5, 5.41) is 7.20. The molecule has 4 aromatic rings. The molecule has 3 heterocycles. The van der Waals surface area contributed by atoms with Crippen molar-refractivity contribution in [3.63, 3.8) is 0 Å². The van der Waals surface area contributed by atoms with E-state index in [1.54, 1.807) is 0 Å². The van der Waals surface area contributed by atoms with Crippen LogP contribution in [0.5, 0.6) is 0 Å². The molecule has 0 unspecified atom stereocenters. The van der Waals surface area contributed by atoms with E-state index in [2.05, 4.69) is 20.1 Å². The van der Waals surface area contributed by atoms with Crippen LogP contribution in [-0.4, -0.2) is 52.2 Å². The molecule has 0 radical (unpaired) electrons. The van der Waals surface area contributed by atoms with Crippen molar-refractivity contribution in [3.8, 4) is 11.3 Å². The molecule has 0 bridgehead atoms. The number of amides is 1. The second-order valence-corrected chi connectivity index (χ2v) is 7.28. The summed E-state index contributed by atoms with van der Waals surface area (Å²) in [6, 6.07) is 18.3. The van der Waals surface area contributed by atoms with E-state index < -0.39 is 0 Å². The average Bonchev–Trinajstić information content (AvgIpc) is 3.41. The molecule has 0 saturated carbocycles. The summed E-state index contributed by atoms with van der Waals surface area (Å²) >= 11 is 0. The number of nitrogens with one attached hydrogen (secondary N) is 1. The number of H-pyrrole nitrogens is 1. The quantitative estimate of drug-likeness (QED) is 0.582. The zero-order chi connectivity index (χ0) is 19.8. The Balaban J connectivity index is 1.26. The SMILES string of the molecule is Cc1ccc(-c2cc(C(=O)N3CCN(c4nc5ccccc5o4)CC3)[nH]n2)cc1. The summed E-state index contributed by atoms with van der Waals surface area (Å²) in [7, 11) is 0. The molecule has 146 valence electrons. The number of nitrogens with zero attached hydrogens (tertiary/aromatic N) is 4. The molecular formula is C22H21N5O2. The molecule has 1 amide bonds. The Kier molecular flexibility index (Phi) is 4.27. The molecule has 7 heteroatoms. The molecule has 1 N–H and O–H groups in total. The zero-order valence-electron chi connectivity index (χ0n) is 16.1. The van der Waals surface area contributed by atoms with Crippen molar-refractivity contribution in [2.24, 2.45) is 0 Å². The number of fused-ring (bicyclic) bond motifs is 1. The normalized spacial score (nSPS) is 14.5. The number of aryl methyl sites for hydroxylation is 1. The molecular weight excluding hydrogens is 366 g/mol. The number of anilines is 1. The third kappa shape index (κ3) is 3.35. The summed E-state index contributed by atoms with van der Waals surface area (Å²) in [6.45, 7) is 4.62. The monoisotopic (exact) mass is 387 g/mol. The number of hydrogen-bond donors (Lipinski definition) is 1. The van der Waals surface area contributed by atoms with Gasteiger partial charge >= 0.3 is 0 Å². The Morgan fingerprint density at radius 1 is 1.03 bits per heavy atom. The number of aromatic nitrogens is 3. The van der Waals surface area contributed by atoms with Crippen molar-refractivity contribution >= 4 is 23.0 Å². The van der Waals surface area contributed by atoms with E-state index >= 15 is 0 Å². The van der Waals surface area contributed by atoms with E-state index in [1.165, 1.54) is 5.56 Å². The maximum absolute atomic E-state index is 12.9. The highest BCUT2D eigenvalue weighted by molar-refractivity contribution is 5.93. The van der Waals surface area contributed by atoms with Crippen molar-refractivity contribution in [2.45, 2.75) is 6.92 Å². The fourth-order valence-corrected chi connectivity index (χ4v) is 3.57. The summed E-state index contributed by atoms with van der Waals surface area (Å²) in [6.07, 6.45) is 0. The standard InChI is InChI=1S/C22H21N5O2/c1-15-6-8-16(9-7-15)18-14-19(25-24-18)21(28)26-10-12-27(13-11-26)22-23-17-4-2-3-5-20(17)29-22/h2-9,14H,10-13H2,1H3,(H,24,25). The predicted molar refractivity (Wildman–Crippen MR) is 111 cm³/mol. The fraction of sp³-hybridized carbons (Fsp3) is 0.227. The molecule has 0 spiro atoms. The first-order valence-electron chi connectivity index (χ1n) is 9.69. The average molecular weight is 387 g/mol. The summed E-state index contributed by atoms with van der Waals surface area (Å²) in [5.74, 6) is -0.0342. The topological polar surface area (TPSA) is 78.3 Å². The third-order valence-electron chi connectivity index (χ3n) is 5.28. The number of oxazole rings is 1. The fourth-order valence-electron chi connectivity index (χ4n) is 3.57. The van der Waals surface area contributed by atoms with Gasteiger partial charge in [-0.2, -0.15) is 10.1 Å². The minimum absolute atomic E-state index is 0.0342. The minimum atomic E-state index is -0.0342. The second-order valence-electron chi connectivity index (χ2n) is 7.28. The number of carbonyl (C=O) groups excluding carboxylic acids is 1. The Morgan fingerprint density at radius 3 is 2.55 bits per heavy atom. The first kappa shape index (κ1) is 17.5. The lowest BCUT2D eigenvalue weighted by molar-refractivity contribution is 0.0739. The van der Waals surface area contributed by atoms with Crippen LogP contribution >= 0.6 is 0 Å². The van der Waals surface area contributed by atoms with Crippen LogP contribution < -0.4 is 4.90 Å². The van der Waals surface area contributed by atoms with Gasteiger partial charge in [0.05, 0.1) is 5.69 Å². The highest BCUT2D eigenvalue weighted by atomic mass is 16.4. The largest absolute Gasteiger partial charge is 0.423 e. The first-order valence-corrected chi connectivity index (χ1v) is 9.69. The summed E-state index contributed by atoms with van der Waals surface area (Å²) in [5.41, 5.74) is 5.10. The van der Waals surface area contributed by atoms with E-state index in [-0.39, 0.29) is 5.91 Å². The Morgan fingerprint density at radius 2 is 1.79 bits per heavy atom. The molecule has 1 aliphatic heterocycles. The number of rotatable bonds is 3. The smallest absolute Gasteiger partial charge is 0.298 e. The van der Waals surface area contributed by atoms with E-state index in [1.807, 2.05) is 66.4 Å². The van der Waals surface area contributed by atoms with Crippen LogP contribution in [0.15, 0.2) is 59.0 Å². The molecule has 5 rings (SSSR count). The van der Waals surface area contributed by atoms with E-state index in [0.29, 0.717) is 37.9 Å². The van der Waals surface area contributed by atoms with Crippen LogP contribution in [-0.2, 0) is 0 Å². The van der Waals surface area contributed by atoms with E-state index in [0.717, 1.165) is 22.4 Å². The van der Waals surface area contributed by atoms with Crippen molar-refractivity contribution < 1.29 is 9.21 Å². The molecule has 1 saturated heterocycles. The molecule has 29 heavy (non-hydrogen) atoms. The Bertz CT molecular complexity index is 1120. The molecule has 2 aromatic carbocycles. The highest BCUT2D eigenvalue weighted by Gasteiger charge is 2.26. The maximum atomic E-state index is 12.9. The minimum Gasteiger partial charge on any atom is -0.423 e. The van der Waals surface area contributed by atoms with Gasteiger partial charge in [0.25, 0.3) is 11.9 Å². The lowest BCUT2D eigenvalue weighted by Crippen LogP contribution is -2.49. The van der Waals surface area contributed by atoms with Gasteiger partial charge in [0.1, 0.15) is 11.2 Å². The van der Waals surface area contributed by atoms with Crippen LogP contribution in [0.1, 0.15) is 16.1 Å². The molecule has 7 nitrogen and oxygen atoms in total. The number of para-hydroxylation sites is 2. The number of piperazine rings is 1. The van der Waals surface area contributed by atoms with Gasteiger partial charge in [-0.05, 0) is 25.1 Å². The van der Waals surface area contributed by atoms with Crippen LogP contribution in [0.25, 0.3) is 22.4 Å². The first-order chi connectivity index (χ1) is 14.2. The van der Waals surface area contributed by atoms with Gasteiger partial charge in [0.15, 0.2) is 5.58 Å². The maximum Gasteiger partial charge on any atom is 0.298 e. The number of benzene rings is 2. The van der Waals surface area contributed by atoms with Gasteiger partial charge < -0.3 is 14.2 Å². The molecule has 1 aliphatic rings. The van der Waals surface area contributed by atoms with E-state index in [4.69, 9.17) is 4.42 Å². The summed E-state index contributed by atoms with van der Waals surface area (Å²) in [4.78, 5) is 21.3. The predicted octanol–water partition coefficient (Wildman–Crippen LogP) is 3.49. The number of carbonyl (C=O) groups is 1. The van der Waals surface area contributed by atoms with Gasteiger partial charge in [-0.1, -0.05) is 42.0 Å². The lowest BCUT2D eigenvalue weighted by Gasteiger charge is -2.33. The van der Waals surface area contributed by atoms with Crippen molar-refractivity contribution in [3.05, 3.63) is 65.9 Å². The molecule has 0 atom stereocenters. The lowest BCUT2D eigenvalue weighted by atomic mass is 10.1. The Hall–Kier alpha value is -3.61. The van der Waals surface area contributed by atoms with Gasteiger partial charge in [0.2, 0.25) is 0 Å². The highest BCUT2D eigenvalue weighted by Crippen LogP contribution is 2.23. The van der Waals surface area contributed by atoms with Gasteiger partial charge in [-0.3, -0.25) is 9.89 Å². The van der Waals surface area contributed by atoms with Crippen molar-refractivity contribution in [1.29, 1.82) is 0 Å². The molecule has 2 aromatic heterocycles. The third-order valence-corrected chi connectivity index (χ3v) is 5.28. The molecule has 0 aliphatic carbocycles. The van der Waals surface area contributed by atoms with Gasteiger partial charge in [-0.25, -0.2) is 0 Å². The molecule has 1 fully saturated rings. The van der Waals surface area contributed by atoms with Crippen LogP contribution in [0.4, 0.5) is 6.01 Å². The number of hydrogen-bond acceptors (Lipinski definition) is 5. The van der Waals surface area contributed by atoms with Crippen molar-refractivity contribution in [2.75, 3.05) is 31.1 Å². The van der Waals surface area contributed by atoms with E-state index in [9.17, 15) is 4.79 Å². The van der Waals surface area contributed by atoms with Crippen LogP contribution in [0.2, 0.25) is 0 Å². The Labute approximate surface area is 168 Å². The van der Waals surface area contributed by atoms with Gasteiger partial charge in [0, 0.05) is 31.7 Å². The zero-order valence-corrected chi connectivity index (χ0v) is 16.1. The number of aromatic amines is 1. The second kappa shape index (κ2) is 7.09. The van der Waals surface area contributed by atoms with Crippen LogP contribution in [0.3, 0.4) is 0 Å².